The third-order valence-electron chi connectivity index (χ3n) is 4.46. The highest BCUT2D eigenvalue weighted by molar-refractivity contribution is 6.08. The number of rotatable bonds is 5. The number of nitrogens with zero attached hydrogens (tertiary/aromatic N) is 3. The fraction of sp³-hybridized carbons (Fsp3) is 0.316. The van der Waals surface area contributed by atoms with Crippen LogP contribution in [0.5, 0.6) is 11.5 Å². The fourth-order valence-electron chi connectivity index (χ4n) is 2.88. The van der Waals surface area contributed by atoms with Crippen LogP contribution in [-0.2, 0) is 9.59 Å². The van der Waals surface area contributed by atoms with E-state index in [0.29, 0.717) is 11.4 Å². The van der Waals surface area contributed by atoms with Gasteiger partial charge in [0.2, 0.25) is 5.91 Å². The van der Waals surface area contributed by atoms with Crippen LogP contribution < -0.4 is 19.7 Å². The van der Waals surface area contributed by atoms with Gasteiger partial charge in [0.1, 0.15) is 11.8 Å². The number of benzene rings is 1. The second kappa shape index (κ2) is 7.38. The van der Waals surface area contributed by atoms with Crippen molar-refractivity contribution < 1.29 is 24.0 Å². The number of hydrogen-bond donors (Lipinski definition) is 1. The zero-order valence-electron chi connectivity index (χ0n) is 16.3. The van der Waals surface area contributed by atoms with E-state index in [4.69, 9.17) is 9.47 Å². The van der Waals surface area contributed by atoms with Crippen molar-refractivity contribution in [3.8, 4) is 11.5 Å². The standard InChI is InChI=1S/C19H20N4O6/c1-11(17(24)20-12-5-7-13(28-4)8-6-12)22-16-14(29-19(2,3)18(22)25)9-10-15(21-16)23(26)27/h5-11H,1-4H3,(H,20,24). The van der Waals surface area contributed by atoms with Gasteiger partial charge in [0.05, 0.1) is 7.11 Å². The minimum atomic E-state index is -1.26. The third-order valence-corrected chi connectivity index (χ3v) is 4.46. The summed E-state index contributed by atoms with van der Waals surface area (Å²) in [5.74, 6) is -0.722. The van der Waals surface area contributed by atoms with Crippen LogP contribution in [0.3, 0.4) is 0 Å². The first kappa shape index (κ1) is 20.1. The first-order chi connectivity index (χ1) is 13.6. The number of carbonyl (C=O) groups is 2. The highest BCUT2D eigenvalue weighted by atomic mass is 16.6. The Morgan fingerprint density at radius 1 is 1.28 bits per heavy atom. The molecule has 29 heavy (non-hydrogen) atoms. The van der Waals surface area contributed by atoms with Gasteiger partial charge >= 0.3 is 5.82 Å². The Morgan fingerprint density at radius 2 is 1.93 bits per heavy atom. The van der Waals surface area contributed by atoms with Gasteiger partial charge in [-0.15, -0.1) is 0 Å². The zero-order chi connectivity index (χ0) is 21.3. The summed E-state index contributed by atoms with van der Waals surface area (Å²) in [6.45, 7) is 4.63. The topological polar surface area (TPSA) is 124 Å². The fourth-order valence-corrected chi connectivity index (χ4v) is 2.88. The molecule has 1 aromatic carbocycles. The number of fused-ring (bicyclic) bond motifs is 1. The molecule has 152 valence electrons. The summed E-state index contributed by atoms with van der Waals surface area (Å²) in [6.07, 6.45) is 0. The molecule has 10 nitrogen and oxygen atoms in total. The minimum absolute atomic E-state index is 0.0686. The van der Waals surface area contributed by atoms with Gasteiger partial charge in [-0.3, -0.25) is 14.5 Å². The quantitative estimate of drug-likeness (QED) is 0.604. The molecule has 2 aromatic rings. The van der Waals surface area contributed by atoms with E-state index >= 15 is 0 Å². The molecular formula is C19H20N4O6. The Morgan fingerprint density at radius 3 is 2.52 bits per heavy atom. The smallest absolute Gasteiger partial charge is 0.366 e. The maximum absolute atomic E-state index is 13.0. The number of aromatic nitrogens is 1. The SMILES string of the molecule is COc1ccc(NC(=O)C(C)N2C(=O)C(C)(C)Oc3ccc([N+](=O)[O-])nc32)cc1. The lowest BCUT2D eigenvalue weighted by atomic mass is 10.0. The van der Waals surface area contributed by atoms with Gasteiger partial charge in [0.15, 0.2) is 11.4 Å². The van der Waals surface area contributed by atoms with Crippen LogP contribution in [0.2, 0.25) is 0 Å². The number of ether oxygens (including phenoxy) is 2. The van der Waals surface area contributed by atoms with Crippen molar-refractivity contribution in [3.63, 3.8) is 0 Å². The second-order valence-electron chi connectivity index (χ2n) is 6.93. The van der Waals surface area contributed by atoms with Gasteiger partial charge in [0.25, 0.3) is 11.7 Å². The Kier molecular flexibility index (Phi) is 5.10. The molecule has 0 saturated carbocycles. The molecule has 1 N–H and O–H groups in total. The molecule has 0 bridgehead atoms. The average Bonchev–Trinajstić information content (AvgIpc) is 2.68. The maximum Gasteiger partial charge on any atom is 0.366 e. The van der Waals surface area contributed by atoms with Crippen LogP contribution in [0.15, 0.2) is 36.4 Å². The Bertz CT molecular complexity index is 973. The van der Waals surface area contributed by atoms with Crippen molar-refractivity contribution in [2.45, 2.75) is 32.4 Å². The van der Waals surface area contributed by atoms with Gasteiger partial charge in [0, 0.05) is 11.8 Å². The number of amides is 2. The zero-order valence-corrected chi connectivity index (χ0v) is 16.3. The molecule has 0 fully saturated rings. The van der Waals surface area contributed by atoms with E-state index in [0.717, 1.165) is 4.90 Å². The normalized spacial score (nSPS) is 15.7. The first-order valence-electron chi connectivity index (χ1n) is 8.77. The summed E-state index contributed by atoms with van der Waals surface area (Å²) >= 11 is 0. The van der Waals surface area contributed by atoms with E-state index in [9.17, 15) is 19.7 Å². The van der Waals surface area contributed by atoms with Crippen molar-refractivity contribution >= 4 is 29.1 Å². The highest BCUT2D eigenvalue weighted by Crippen LogP contribution is 2.38. The second-order valence-corrected chi connectivity index (χ2v) is 6.93. The van der Waals surface area contributed by atoms with Crippen LogP contribution in [0.25, 0.3) is 0 Å². The van der Waals surface area contributed by atoms with Gasteiger partial charge < -0.3 is 24.9 Å². The summed E-state index contributed by atoms with van der Waals surface area (Å²) in [4.78, 5) is 41.3. The van der Waals surface area contributed by atoms with Crippen molar-refractivity contribution in [1.29, 1.82) is 0 Å². The molecule has 1 aliphatic heterocycles. The molecule has 2 heterocycles. The summed E-state index contributed by atoms with van der Waals surface area (Å²) < 4.78 is 10.7. The molecule has 1 unspecified atom stereocenters. The van der Waals surface area contributed by atoms with Gasteiger partial charge in [-0.1, -0.05) is 0 Å². The number of methoxy groups -OCH3 is 1. The lowest BCUT2D eigenvalue weighted by molar-refractivity contribution is -0.389. The molecule has 0 saturated heterocycles. The monoisotopic (exact) mass is 400 g/mol. The maximum atomic E-state index is 13.0. The van der Waals surface area contributed by atoms with E-state index in [2.05, 4.69) is 10.3 Å². The van der Waals surface area contributed by atoms with Crippen molar-refractivity contribution in [2.75, 3.05) is 17.3 Å². The van der Waals surface area contributed by atoms with Crippen LogP contribution in [0, 0.1) is 10.1 Å². The third kappa shape index (κ3) is 3.82. The lowest BCUT2D eigenvalue weighted by Crippen LogP contribution is -2.58. The number of carbonyl (C=O) groups excluding carboxylic acids is 2. The Labute approximate surface area is 166 Å². The van der Waals surface area contributed by atoms with Crippen LogP contribution >= 0.6 is 0 Å². The molecule has 2 amide bonds. The van der Waals surface area contributed by atoms with Gasteiger partial charge in [-0.2, -0.15) is 0 Å². The number of anilines is 2. The molecule has 0 aliphatic carbocycles. The van der Waals surface area contributed by atoms with E-state index in [1.54, 1.807) is 38.1 Å². The molecule has 0 radical (unpaired) electrons. The molecule has 1 aliphatic rings. The number of nitro groups is 1. The highest BCUT2D eigenvalue weighted by Gasteiger charge is 2.47. The van der Waals surface area contributed by atoms with Crippen LogP contribution in [-0.4, -0.2) is 40.5 Å². The predicted molar refractivity (Wildman–Crippen MR) is 104 cm³/mol. The molecule has 1 atom stereocenters. The van der Waals surface area contributed by atoms with Crippen molar-refractivity contribution in [2.24, 2.45) is 0 Å². The molecule has 1 aromatic heterocycles. The van der Waals surface area contributed by atoms with E-state index in [-0.39, 0.29) is 11.6 Å². The molecule has 0 spiro atoms. The largest absolute Gasteiger partial charge is 0.497 e. The van der Waals surface area contributed by atoms with E-state index < -0.39 is 34.2 Å². The summed E-state index contributed by atoms with van der Waals surface area (Å²) in [7, 11) is 1.53. The number of hydrogen-bond acceptors (Lipinski definition) is 7. The van der Waals surface area contributed by atoms with E-state index in [1.165, 1.54) is 26.2 Å². The average molecular weight is 400 g/mol. The molecular weight excluding hydrogens is 380 g/mol. The van der Waals surface area contributed by atoms with Crippen molar-refractivity contribution in [3.05, 3.63) is 46.5 Å². The van der Waals surface area contributed by atoms with Crippen LogP contribution in [0.1, 0.15) is 20.8 Å². The molecule has 3 rings (SSSR count). The van der Waals surface area contributed by atoms with Crippen LogP contribution in [0.4, 0.5) is 17.3 Å². The Hall–Kier alpha value is -3.69. The first-order valence-corrected chi connectivity index (χ1v) is 8.77. The van der Waals surface area contributed by atoms with E-state index in [1.807, 2.05) is 0 Å². The lowest BCUT2D eigenvalue weighted by Gasteiger charge is -2.38. The number of pyridine rings is 1. The van der Waals surface area contributed by atoms with Crippen molar-refractivity contribution in [1.82, 2.24) is 4.98 Å². The predicted octanol–water partition coefficient (Wildman–Crippen LogP) is 2.53. The molecule has 10 heteroatoms. The summed E-state index contributed by atoms with van der Waals surface area (Å²) in [5, 5.41) is 13.8. The minimum Gasteiger partial charge on any atom is -0.497 e. The van der Waals surface area contributed by atoms with Gasteiger partial charge in [-0.05, 0) is 61.0 Å². The van der Waals surface area contributed by atoms with Gasteiger partial charge in [-0.25, -0.2) is 0 Å². The summed E-state index contributed by atoms with van der Waals surface area (Å²) in [5.41, 5.74) is -0.755. The summed E-state index contributed by atoms with van der Waals surface area (Å²) in [6, 6.07) is 8.24. The Balaban J connectivity index is 1.94. The number of nitrogens with one attached hydrogen (secondary N) is 1.